The minimum atomic E-state index is -3.83. The lowest BCUT2D eigenvalue weighted by Gasteiger charge is -2.47. The molecule has 0 spiro atoms. The Hall–Kier alpha value is -1.97. The van der Waals surface area contributed by atoms with Crippen LogP contribution in [0.5, 0.6) is 0 Å². The molecule has 3 saturated heterocycles. The predicted octanol–water partition coefficient (Wildman–Crippen LogP) is 0.853. The molecule has 27 heavy (non-hydrogen) atoms. The molecular weight excluding hydrogens is 374 g/mol. The van der Waals surface area contributed by atoms with Crippen LogP contribution in [0.1, 0.15) is 26.7 Å². The predicted molar refractivity (Wildman–Crippen MR) is 92.0 cm³/mol. The fraction of sp³-hybridized carbons (Fsp3) is 0.556. The Labute approximate surface area is 157 Å². The lowest BCUT2D eigenvalue weighted by molar-refractivity contribution is -0.159. The summed E-state index contributed by atoms with van der Waals surface area (Å²) in [5.74, 6) is -0.951. The monoisotopic (exact) mass is 395 g/mol. The Morgan fingerprint density at radius 2 is 1.70 bits per heavy atom. The first kappa shape index (κ1) is 18.4. The van der Waals surface area contributed by atoms with Crippen molar-refractivity contribution in [3.05, 3.63) is 30.3 Å². The zero-order chi connectivity index (χ0) is 19.3. The molecule has 0 amide bonds. The summed E-state index contributed by atoms with van der Waals surface area (Å²) < 4.78 is 45.0. The van der Waals surface area contributed by atoms with E-state index in [0.717, 1.165) is 0 Å². The minimum absolute atomic E-state index is 0.173. The topological polar surface area (TPSA) is 99.2 Å². The Morgan fingerprint density at radius 3 is 2.33 bits per heavy atom. The van der Waals surface area contributed by atoms with E-state index in [1.54, 1.807) is 18.2 Å². The zero-order valence-corrected chi connectivity index (χ0v) is 15.8. The summed E-state index contributed by atoms with van der Waals surface area (Å²) in [5, 5.41) is 0. The number of sulfonamides is 1. The van der Waals surface area contributed by atoms with Crippen molar-refractivity contribution in [2.45, 2.75) is 68.1 Å². The third-order valence-corrected chi connectivity index (χ3v) is 7.33. The van der Waals surface area contributed by atoms with Crippen molar-refractivity contribution in [2.24, 2.45) is 0 Å². The molecule has 6 atom stereocenters. The number of nitrogens with zero attached hydrogens (tertiary/aromatic N) is 1. The molecule has 4 rings (SSSR count). The van der Waals surface area contributed by atoms with Gasteiger partial charge in [-0.05, 0) is 18.6 Å². The summed E-state index contributed by atoms with van der Waals surface area (Å²) in [5.41, 5.74) is 0. The number of carbonyl (C=O) groups is 2. The van der Waals surface area contributed by atoms with Crippen LogP contribution in [0.15, 0.2) is 35.2 Å². The molecule has 3 aliphatic heterocycles. The smallest absolute Gasteiger partial charge is 0.303 e. The van der Waals surface area contributed by atoms with Crippen LogP contribution >= 0.6 is 0 Å². The van der Waals surface area contributed by atoms with Crippen LogP contribution in [0.4, 0.5) is 0 Å². The lowest BCUT2D eigenvalue weighted by atomic mass is 9.83. The molecular formula is C18H21NO7S. The summed E-state index contributed by atoms with van der Waals surface area (Å²) in [4.78, 5) is 23.3. The van der Waals surface area contributed by atoms with Gasteiger partial charge in [-0.1, -0.05) is 18.2 Å². The Kier molecular flexibility index (Phi) is 4.48. The molecule has 1 aromatic rings. The molecule has 3 aliphatic rings. The van der Waals surface area contributed by atoms with Crippen LogP contribution in [0.25, 0.3) is 0 Å². The summed E-state index contributed by atoms with van der Waals surface area (Å²) in [6, 6.07) is 7.03. The molecule has 3 heterocycles. The zero-order valence-electron chi connectivity index (χ0n) is 15.0. The fourth-order valence-electron chi connectivity index (χ4n) is 4.51. The van der Waals surface area contributed by atoms with Gasteiger partial charge in [-0.15, -0.1) is 0 Å². The van der Waals surface area contributed by atoms with Crippen LogP contribution in [0, 0.1) is 0 Å². The molecule has 0 N–H and O–H groups in total. The first-order valence-corrected chi connectivity index (χ1v) is 10.3. The van der Waals surface area contributed by atoms with Gasteiger partial charge >= 0.3 is 11.9 Å². The lowest BCUT2D eigenvalue weighted by Crippen LogP contribution is -2.65. The van der Waals surface area contributed by atoms with E-state index in [9.17, 15) is 18.0 Å². The summed E-state index contributed by atoms with van der Waals surface area (Å²) in [7, 11) is -3.83. The maximum atomic E-state index is 13.3. The number of benzene rings is 1. The molecule has 0 unspecified atom stereocenters. The van der Waals surface area contributed by atoms with Crippen molar-refractivity contribution in [3.8, 4) is 0 Å². The number of ether oxygens (including phenoxy) is 3. The van der Waals surface area contributed by atoms with Crippen LogP contribution < -0.4 is 0 Å². The standard InChI is InChI=1S/C18H21NO7S/c1-10(20)24-15-8-13-17(25-11(2)21)16-9-14(18(15)26-16)19(13)27(22,23)12-6-4-3-5-7-12/h3-7,13-18H,8-9H2,1-2H3/t13-,14-,15+,16-,17+,18+/m0/s1. The summed E-state index contributed by atoms with van der Waals surface area (Å²) in [6.07, 6.45) is -1.66. The van der Waals surface area contributed by atoms with E-state index in [2.05, 4.69) is 0 Å². The number of esters is 2. The van der Waals surface area contributed by atoms with E-state index in [-0.39, 0.29) is 11.3 Å². The molecule has 0 aliphatic carbocycles. The maximum Gasteiger partial charge on any atom is 0.303 e. The Bertz CT molecular complexity index is 856. The van der Waals surface area contributed by atoms with E-state index in [0.29, 0.717) is 6.42 Å². The molecule has 8 nitrogen and oxygen atoms in total. The molecule has 3 fully saturated rings. The highest BCUT2D eigenvalue weighted by atomic mass is 32.2. The van der Waals surface area contributed by atoms with Crippen molar-refractivity contribution in [1.29, 1.82) is 0 Å². The van der Waals surface area contributed by atoms with E-state index < -0.39 is 58.5 Å². The second-order valence-corrected chi connectivity index (χ2v) is 8.96. The van der Waals surface area contributed by atoms with Crippen molar-refractivity contribution in [1.82, 2.24) is 4.31 Å². The van der Waals surface area contributed by atoms with Gasteiger partial charge in [-0.2, -0.15) is 4.31 Å². The normalized spacial score (nSPS) is 35.0. The Morgan fingerprint density at radius 1 is 1.04 bits per heavy atom. The van der Waals surface area contributed by atoms with E-state index in [1.165, 1.54) is 30.3 Å². The minimum Gasteiger partial charge on any atom is -0.460 e. The fourth-order valence-corrected chi connectivity index (χ4v) is 6.38. The SMILES string of the molecule is CC(=O)O[C@H]1[C@@H]2C[C@H]3[C@@H](O2)[C@H](OC(C)=O)C[C@@H]1N3S(=O)(=O)c1ccccc1. The molecule has 0 aromatic heterocycles. The number of rotatable bonds is 4. The highest BCUT2D eigenvalue weighted by molar-refractivity contribution is 7.89. The average molecular weight is 395 g/mol. The van der Waals surface area contributed by atoms with Crippen molar-refractivity contribution in [2.75, 3.05) is 0 Å². The van der Waals surface area contributed by atoms with Crippen molar-refractivity contribution >= 4 is 22.0 Å². The van der Waals surface area contributed by atoms with Crippen molar-refractivity contribution in [3.63, 3.8) is 0 Å². The number of hydrogen-bond donors (Lipinski definition) is 0. The van der Waals surface area contributed by atoms with E-state index in [4.69, 9.17) is 14.2 Å². The summed E-state index contributed by atoms with van der Waals surface area (Å²) in [6.45, 7) is 2.60. The maximum absolute atomic E-state index is 13.3. The van der Waals surface area contributed by atoms with Gasteiger partial charge < -0.3 is 14.2 Å². The van der Waals surface area contributed by atoms with Crippen molar-refractivity contribution < 1.29 is 32.2 Å². The highest BCUT2D eigenvalue weighted by Gasteiger charge is 2.64. The van der Waals surface area contributed by atoms with Gasteiger partial charge in [-0.25, -0.2) is 8.42 Å². The number of carbonyl (C=O) groups excluding carboxylic acids is 2. The highest BCUT2D eigenvalue weighted by Crippen LogP contribution is 2.47. The molecule has 3 bridgehead atoms. The quantitative estimate of drug-likeness (QED) is 0.697. The molecule has 0 saturated carbocycles. The molecule has 9 heteroatoms. The number of piperidine rings is 2. The first-order valence-electron chi connectivity index (χ1n) is 8.87. The van der Waals surface area contributed by atoms with E-state index >= 15 is 0 Å². The van der Waals surface area contributed by atoms with Crippen LogP contribution in [-0.4, -0.2) is 61.2 Å². The third kappa shape index (κ3) is 3.03. The second-order valence-electron chi connectivity index (χ2n) is 7.12. The number of fused-ring (bicyclic) bond motifs is 2. The number of hydrogen-bond acceptors (Lipinski definition) is 7. The van der Waals surface area contributed by atoms with E-state index in [1.807, 2.05) is 0 Å². The Balaban J connectivity index is 1.75. The average Bonchev–Trinajstić information content (AvgIpc) is 2.94. The van der Waals surface area contributed by atoms with Gasteiger partial charge in [0.05, 0.1) is 23.1 Å². The van der Waals surface area contributed by atoms with Gasteiger partial charge in [0.1, 0.15) is 18.3 Å². The largest absolute Gasteiger partial charge is 0.460 e. The molecule has 0 radical (unpaired) electrons. The third-order valence-electron chi connectivity index (χ3n) is 5.36. The van der Waals surface area contributed by atoms with Crippen LogP contribution in [0.3, 0.4) is 0 Å². The second kappa shape index (κ2) is 6.57. The van der Waals surface area contributed by atoms with Gasteiger partial charge in [0, 0.05) is 20.3 Å². The molecule has 1 aromatic carbocycles. The van der Waals surface area contributed by atoms with Gasteiger partial charge in [0.2, 0.25) is 10.0 Å². The summed E-state index contributed by atoms with van der Waals surface area (Å²) >= 11 is 0. The van der Waals surface area contributed by atoms with Gasteiger partial charge in [0.15, 0.2) is 0 Å². The van der Waals surface area contributed by atoms with Gasteiger partial charge in [0.25, 0.3) is 0 Å². The van der Waals surface area contributed by atoms with Crippen LogP contribution in [-0.2, 0) is 33.8 Å². The first-order chi connectivity index (χ1) is 12.8. The van der Waals surface area contributed by atoms with Crippen LogP contribution in [0.2, 0.25) is 0 Å². The van der Waals surface area contributed by atoms with Gasteiger partial charge in [-0.3, -0.25) is 9.59 Å². The molecule has 146 valence electrons.